The highest BCUT2D eigenvalue weighted by Crippen LogP contribution is 2.25. The van der Waals surface area contributed by atoms with Crippen LogP contribution in [0.3, 0.4) is 0 Å². The van der Waals surface area contributed by atoms with Gasteiger partial charge in [0.1, 0.15) is 11.0 Å². The number of aromatic nitrogens is 3. The Bertz CT molecular complexity index is 804. The standard InChI is InChI=1S/C17H19N5/c1-22-20-16-7-3-6-15(17(16)21-22)19-14-5-2-4-12(10-14)11-18-13-8-9-13/h2-7,10,13,18-19H,8-9,11H2,1H3. The van der Waals surface area contributed by atoms with E-state index in [0.29, 0.717) is 0 Å². The molecule has 3 aromatic rings. The minimum Gasteiger partial charge on any atom is -0.354 e. The molecule has 1 saturated carbocycles. The second-order valence-corrected chi connectivity index (χ2v) is 5.84. The Kier molecular flexibility index (Phi) is 3.27. The first kappa shape index (κ1) is 13.3. The molecule has 112 valence electrons. The van der Waals surface area contributed by atoms with Crippen LogP contribution in [0.1, 0.15) is 18.4 Å². The molecule has 0 saturated heterocycles. The zero-order valence-corrected chi connectivity index (χ0v) is 12.6. The Balaban J connectivity index is 1.57. The Hall–Kier alpha value is -2.40. The Morgan fingerprint density at radius 2 is 2.00 bits per heavy atom. The number of benzene rings is 2. The van der Waals surface area contributed by atoms with Gasteiger partial charge in [0.05, 0.1) is 5.69 Å². The average molecular weight is 293 g/mol. The van der Waals surface area contributed by atoms with Crippen molar-refractivity contribution in [2.24, 2.45) is 7.05 Å². The molecule has 2 aromatic carbocycles. The minimum atomic E-state index is 0.727. The fourth-order valence-electron chi connectivity index (χ4n) is 2.61. The normalized spacial score (nSPS) is 14.4. The number of aryl methyl sites for hydroxylation is 1. The molecule has 0 amide bonds. The van der Waals surface area contributed by atoms with Crippen LogP contribution < -0.4 is 10.6 Å². The van der Waals surface area contributed by atoms with Gasteiger partial charge in [-0.1, -0.05) is 18.2 Å². The maximum absolute atomic E-state index is 4.43. The molecule has 0 bridgehead atoms. The van der Waals surface area contributed by atoms with Gasteiger partial charge < -0.3 is 10.6 Å². The van der Waals surface area contributed by atoms with E-state index >= 15 is 0 Å². The minimum absolute atomic E-state index is 0.727. The topological polar surface area (TPSA) is 54.8 Å². The fraction of sp³-hybridized carbons (Fsp3) is 0.294. The molecular formula is C17H19N5. The van der Waals surface area contributed by atoms with Crippen molar-refractivity contribution < 1.29 is 0 Å². The molecule has 22 heavy (non-hydrogen) atoms. The molecule has 1 aromatic heterocycles. The first-order chi connectivity index (χ1) is 10.8. The van der Waals surface area contributed by atoms with Gasteiger partial charge >= 0.3 is 0 Å². The maximum atomic E-state index is 4.43. The third kappa shape index (κ3) is 2.80. The van der Waals surface area contributed by atoms with E-state index in [9.17, 15) is 0 Å². The predicted molar refractivity (Wildman–Crippen MR) is 88.1 cm³/mol. The highest BCUT2D eigenvalue weighted by atomic mass is 15.5. The number of rotatable bonds is 5. The van der Waals surface area contributed by atoms with E-state index in [-0.39, 0.29) is 0 Å². The fourth-order valence-corrected chi connectivity index (χ4v) is 2.61. The summed E-state index contributed by atoms with van der Waals surface area (Å²) in [4.78, 5) is 1.60. The van der Waals surface area contributed by atoms with E-state index < -0.39 is 0 Å². The van der Waals surface area contributed by atoms with Gasteiger partial charge in [0.15, 0.2) is 0 Å². The van der Waals surface area contributed by atoms with Gasteiger partial charge in [-0.15, -0.1) is 0 Å². The Labute approximate surface area is 129 Å². The largest absolute Gasteiger partial charge is 0.354 e. The molecule has 0 unspecified atom stereocenters. The smallest absolute Gasteiger partial charge is 0.136 e. The SMILES string of the molecule is Cn1nc2cccc(Nc3cccc(CNC4CC4)c3)c2n1. The molecule has 0 aliphatic heterocycles. The summed E-state index contributed by atoms with van der Waals surface area (Å²) in [6.07, 6.45) is 2.62. The van der Waals surface area contributed by atoms with E-state index in [1.54, 1.807) is 4.80 Å². The van der Waals surface area contributed by atoms with Crippen LogP contribution in [0.5, 0.6) is 0 Å². The summed E-state index contributed by atoms with van der Waals surface area (Å²) in [6, 6.07) is 15.2. The number of hydrogen-bond donors (Lipinski definition) is 2. The third-order valence-corrected chi connectivity index (χ3v) is 3.89. The Morgan fingerprint density at radius 1 is 1.14 bits per heavy atom. The molecule has 5 nitrogen and oxygen atoms in total. The second kappa shape index (κ2) is 5.42. The molecule has 5 heteroatoms. The summed E-state index contributed by atoms with van der Waals surface area (Å²) in [5, 5.41) is 15.8. The summed E-state index contributed by atoms with van der Waals surface area (Å²) in [6.45, 7) is 0.926. The first-order valence-corrected chi connectivity index (χ1v) is 7.67. The van der Waals surface area contributed by atoms with Gasteiger partial charge in [-0.05, 0) is 42.7 Å². The molecule has 0 radical (unpaired) electrons. The lowest BCUT2D eigenvalue weighted by Gasteiger charge is -2.09. The third-order valence-electron chi connectivity index (χ3n) is 3.89. The van der Waals surface area contributed by atoms with Crippen LogP contribution in [0.2, 0.25) is 0 Å². The van der Waals surface area contributed by atoms with Crippen LogP contribution in [-0.2, 0) is 13.6 Å². The van der Waals surface area contributed by atoms with Gasteiger partial charge in [0.25, 0.3) is 0 Å². The van der Waals surface area contributed by atoms with E-state index in [4.69, 9.17) is 0 Å². The van der Waals surface area contributed by atoms with Crippen LogP contribution >= 0.6 is 0 Å². The molecule has 1 aliphatic rings. The van der Waals surface area contributed by atoms with Gasteiger partial charge in [-0.25, -0.2) is 0 Å². The Morgan fingerprint density at radius 3 is 2.86 bits per heavy atom. The summed E-state index contributed by atoms with van der Waals surface area (Å²) in [5.74, 6) is 0. The lowest BCUT2D eigenvalue weighted by atomic mass is 10.2. The van der Waals surface area contributed by atoms with Gasteiger partial charge in [0.2, 0.25) is 0 Å². The van der Waals surface area contributed by atoms with Crippen LogP contribution in [-0.4, -0.2) is 21.0 Å². The number of nitrogens with zero attached hydrogens (tertiary/aromatic N) is 3. The van der Waals surface area contributed by atoms with Crippen LogP contribution in [0.15, 0.2) is 42.5 Å². The first-order valence-electron chi connectivity index (χ1n) is 7.67. The van der Waals surface area contributed by atoms with Gasteiger partial charge in [-0.2, -0.15) is 15.0 Å². The van der Waals surface area contributed by atoms with Gasteiger partial charge in [0, 0.05) is 25.3 Å². The van der Waals surface area contributed by atoms with Crippen molar-refractivity contribution in [1.29, 1.82) is 0 Å². The molecule has 2 N–H and O–H groups in total. The van der Waals surface area contributed by atoms with Crippen molar-refractivity contribution in [3.63, 3.8) is 0 Å². The summed E-state index contributed by atoms with van der Waals surface area (Å²) in [7, 11) is 1.84. The van der Waals surface area contributed by atoms with Crippen LogP contribution in [0.4, 0.5) is 11.4 Å². The zero-order chi connectivity index (χ0) is 14.9. The monoisotopic (exact) mass is 293 g/mol. The highest BCUT2D eigenvalue weighted by Gasteiger charge is 2.19. The summed E-state index contributed by atoms with van der Waals surface area (Å²) in [5.41, 5.74) is 5.15. The lowest BCUT2D eigenvalue weighted by Crippen LogP contribution is -2.15. The van der Waals surface area contributed by atoms with E-state index in [0.717, 1.165) is 35.0 Å². The predicted octanol–water partition coefficient (Wildman–Crippen LogP) is 2.96. The second-order valence-electron chi connectivity index (χ2n) is 5.84. The molecule has 1 fully saturated rings. The van der Waals surface area contributed by atoms with E-state index in [1.165, 1.54) is 18.4 Å². The van der Waals surface area contributed by atoms with Crippen LogP contribution in [0, 0.1) is 0 Å². The molecule has 0 spiro atoms. The molecular weight excluding hydrogens is 274 g/mol. The quantitative estimate of drug-likeness (QED) is 0.759. The van der Waals surface area contributed by atoms with Crippen molar-refractivity contribution in [3.8, 4) is 0 Å². The number of anilines is 2. The summed E-state index contributed by atoms with van der Waals surface area (Å²) >= 11 is 0. The molecule has 4 rings (SSSR count). The summed E-state index contributed by atoms with van der Waals surface area (Å²) < 4.78 is 0. The van der Waals surface area contributed by atoms with Crippen molar-refractivity contribution >= 4 is 22.4 Å². The maximum Gasteiger partial charge on any atom is 0.136 e. The highest BCUT2D eigenvalue weighted by molar-refractivity contribution is 5.89. The lowest BCUT2D eigenvalue weighted by molar-refractivity contribution is 0.665. The number of nitrogens with one attached hydrogen (secondary N) is 2. The van der Waals surface area contributed by atoms with Gasteiger partial charge in [-0.3, -0.25) is 0 Å². The van der Waals surface area contributed by atoms with Crippen molar-refractivity contribution in [2.75, 3.05) is 5.32 Å². The zero-order valence-electron chi connectivity index (χ0n) is 12.6. The van der Waals surface area contributed by atoms with Crippen LogP contribution in [0.25, 0.3) is 11.0 Å². The van der Waals surface area contributed by atoms with E-state index in [1.807, 2.05) is 25.2 Å². The average Bonchev–Trinajstić information content (AvgIpc) is 3.26. The number of fused-ring (bicyclic) bond motifs is 1. The molecule has 1 heterocycles. The van der Waals surface area contributed by atoms with Crippen molar-refractivity contribution in [1.82, 2.24) is 20.3 Å². The number of hydrogen-bond acceptors (Lipinski definition) is 4. The molecule has 0 atom stereocenters. The molecule has 1 aliphatic carbocycles. The van der Waals surface area contributed by atoms with Crippen molar-refractivity contribution in [2.45, 2.75) is 25.4 Å². The van der Waals surface area contributed by atoms with Crippen molar-refractivity contribution in [3.05, 3.63) is 48.0 Å². The van der Waals surface area contributed by atoms with E-state index in [2.05, 4.69) is 45.1 Å².